The maximum atomic E-state index is 13.1. The van der Waals surface area contributed by atoms with Crippen LogP contribution in [0.4, 0.5) is 10.1 Å². The van der Waals surface area contributed by atoms with E-state index in [2.05, 4.69) is 5.32 Å². The zero-order valence-corrected chi connectivity index (χ0v) is 15.6. The number of carbonyl (C=O) groups is 1. The van der Waals surface area contributed by atoms with Gasteiger partial charge in [0, 0.05) is 0 Å². The molecule has 0 saturated heterocycles. The highest BCUT2D eigenvalue weighted by atomic mass is 32.2. The van der Waals surface area contributed by atoms with E-state index in [9.17, 15) is 17.6 Å². The summed E-state index contributed by atoms with van der Waals surface area (Å²) >= 11 is 0. The average Bonchev–Trinajstić information content (AvgIpc) is 2.59. The highest BCUT2D eigenvalue weighted by Crippen LogP contribution is 2.19. The maximum absolute atomic E-state index is 13.1. The number of hydrogen-bond acceptors (Lipinski definition) is 4. The molecule has 2 aromatic carbocycles. The van der Waals surface area contributed by atoms with Gasteiger partial charge < -0.3 is 10.1 Å². The highest BCUT2D eigenvalue weighted by Gasteiger charge is 2.22. The molecule has 8 heteroatoms. The summed E-state index contributed by atoms with van der Waals surface area (Å²) < 4.78 is 43.1. The number of carbonyl (C=O) groups excluding carboxylic acids is 1. The highest BCUT2D eigenvalue weighted by molar-refractivity contribution is 7.92. The van der Waals surface area contributed by atoms with Gasteiger partial charge in [0.2, 0.25) is 15.9 Å². The molecular formula is C18H21FN2O4S. The van der Waals surface area contributed by atoms with Crippen LogP contribution in [0, 0.1) is 5.82 Å². The number of amides is 1. The fraction of sp³-hybridized carbons (Fsp3) is 0.278. The van der Waals surface area contributed by atoms with Crippen molar-refractivity contribution in [2.75, 3.05) is 24.2 Å². The van der Waals surface area contributed by atoms with Crippen LogP contribution in [0.15, 0.2) is 48.5 Å². The van der Waals surface area contributed by atoms with Crippen LogP contribution in [0.1, 0.15) is 18.5 Å². The first-order valence-electron chi connectivity index (χ1n) is 7.87. The predicted octanol–water partition coefficient (Wildman–Crippen LogP) is 2.48. The van der Waals surface area contributed by atoms with Crippen LogP contribution in [0.2, 0.25) is 0 Å². The van der Waals surface area contributed by atoms with Crippen molar-refractivity contribution in [2.24, 2.45) is 0 Å². The lowest BCUT2D eigenvalue weighted by atomic mass is 10.1. The summed E-state index contributed by atoms with van der Waals surface area (Å²) in [5, 5.41) is 2.76. The van der Waals surface area contributed by atoms with E-state index < -0.39 is 28.3 Å². The van der Waals surface area contributed by atoms with Gasteiger partial charge in [0.15, 0.2) is 0 Å². The van der Waals surface area contributed by atoms with Gasteiger partial charge in [0.25, 0.3) is 0 Å². The Hall–Kier alpha value is -2.61. The Kier molecular flexibility index (Phi) is 6.20. The molecule has 0 aromatic heterocycles. The van der Waals surface area contributed by atoms with Crippen molar-refractivity contribution < 1.29 is 22.3 Å². The molecule has 0 saturated carbocycles. The molecule has 0 fully saturated rings. The number of halogens is 1. The smallest absolute Gasteiger partial charge is 0.241 e. The molecular weight excluding hydrogens is 359 g/mol. The quantitative estimate of drug-likeness (QED) is 0.801. The number of methoxy groups -OCH3 is 1. The van der Waals surface area contributed by atoms with Crippen molar-refractivity contribution >= 4 is 21.6 Å². The van der Waals surface area contributed by atoms with Crippen molar-refractivity contribution in [3.05, 3.63) is 59.9 Å². The van der Waals surface area contributed by atoms with E-state index in [1.54, 1.807) is 26.2 Å². The minimum Gasteiger partial charge on any atom is -0.497 e. The molecule has 0 aliphatic heterocycles. The summed E-state index contributed by atoms with van der Waals surface area (Å²) in [6.07, 6.45) is 0.997. The first-order valence-corrected chi connectivity index (χ1v) is 9.72. The van der Waals surface area contributed by atoms with Gasteiger partial charge in [-0.05, 0) is 48.9 Å². The second kappa shape index (κ2) is 8.18. The Bertz CT molecular complexity index is 852. The lowest BCUT2D eigenvalue weighted by Crippen LogP contribution is -2.41. The molecule has 1 N–H and O–H groups in total. The molecule has 6 nitrogen and oxygen atoms in total. The Labute approximate surface area is 152 Å². The van der Waals surface area contributed by atoms with Crippen LogP contribution < -0.4 is 14.4 Å². The van der Waals surface area contributed by atoms with Gasteiger partial charge in [-0.3, -0.25) is 9.10 Å². The van der Waals surface area contributed by atoms with Gasteiger partial charge in [-0.2, -0.15) is 0 Å². The van der Waals surface area contributed by atoms with Crippen molar-refractivity contribution in [1.29, 1.82) is 0 Å². The molecule has 0 bridgehead atoms. The Morgan fingerprint density at radius 3 is 2.23 bits per heavy atom. The van der Waals surface area contributed by atoms with Gasteiger partial charge in [0.05, 0.1) is 25.1 Å². The van der Waals surface area contributed by atoms with E-state index in [1.807, 2.05) is 12.1 Å². The molecule has 0 aliphatic rings. The summed E-state index contributed by atoms with van der Waals surface area (Å²) in [4.78, 5) is 12.3. The molecule has 1 amide bonds. The number of sulfonamides is 1. The number of benzene rings is 2. The molecule has 0 spiro atoms. The van der Waals surface area contributed by atoms with Crippen molar-refractivity contribution in [2.45, 2.75) is 13.0 Å². The van der Waals surface area contributed by atoms with Crippen LogP contribution in [0.5, 0.6) is 5.75 Å². The molecule has 26 heavy (non-hydrogen) atoms. The standard InChI is InChI=1S/C18H21FN2O4S/c1-13(14-4-10-17(25-2)11-5-14)20-18(22)12-21(26(3,23)24)16-8-6-15(19)7-9-16/h4-11,13H,12H2,1-3H3,(H,20,22)/t13-/m1/s1. The third-order valence-corrected chi connectivity index (χ3v) is 4.94. The number of ether oxygens (including phenoxy) is 1. The third kappa shape index (κ3) is 5.19. The van der Waals surface area contributed by atoms with Crippen LogP contribution in [0.25, 0.3) is 0 Å². The number of nitrogens with one attached hydrogen (secondary N) is 1. The summed E-state index contributed by atoms with van der Waals surface area (Å²) in [5.74, 6) is -0.255. The molecule has 0 heterocycles. The molecule has 1 atom stereocenters. The SMILES string of the molecule is COc1ccc([C@@H](C)NC(=O)CN(c2ccc(F)cc2)S(C)(=O)=O)cc1. The van der Waals surface area contributed by atoms with Gasteiger partial charge in [-0.1, -0.05) is 12.1 Å². The molecule has 2 aromatic rings. The molecule has 0 aliphatic carbocycles. The Balaban J connectivity index is 2.10. The third-order valence-electron chi connectivity index (χ3n) is 3.80. The fourth-order valence-corrected chi connectivity index (χ4v) is 3.26. The number of nitrogens with zero attached hydrogens (tertiary/aromatic N) is 1. The van der Waals surface area contributed by atoms with Crippen LogP contribution in [-0.4, -0.2) is 34.2 Å². The molecule has 2 rings (SSSR count). The average molecular weight is 380 g/mol. The van der Waals surface area contributed by atoms with E-state index >= 15 is 0 Å². The van der Waals surface area contributed by atoms with E-state index in [4.69, 9.17) is 4.74 Å². The second-order valence-corrected chi connectivity index (χ2v) is 7.72. The van der Waals surface area contributed by atoms with Gasteiger partial charge >= 0.3 is 0 Å². The van der Waals surface area contributed by atoms with Crippen molar-refractivity contribution in [1.82, 2.24) is 5.32 Å². The van der Waals surface area contributed by atoms with Gasteiger partial charge in [-0.25, -0.2) is 12.8 Å². The number of hydrogen-bond donors (Lipinski definition) is 1. The lowest BCUT2D eigenvalue weighted by Gasteiger charge is -2.23. The summed E-state index contributed by atoms with van der Waals surface area (Å²) in [7, 11) is -2.14. The largest absolute Gasteiger partial charge is 0.497 e. The van der Waals surface area contributed by atoms with Crippen LogP contribution >= 0.6 is 0 Å². The number of anilines is 1. The van der Waals surface area contributed by atoms with Crippen molar-refractivity contribution in [3.8, 4) is 5.75 Å². The molecule has 140 valence electrons. The summed E-state index contributed by atoms with van der Waals surface area (Å²) in [5.41, 5.74) is 1.08. The first-order chi connectivity index (χ1) is 12.2. The minimum absolute atomic E-state index is 0.223. The predicted molar refractivity (Wildman–Crippen MR) is 98.1 cm³/mol. The van der Waals surface area contributed by atoms with Crippen molar-refractivity contribution in [3.63, 3.8) is 0 Å². The van der Waals surface area contributed by atoms with E-state index in [1.165, 1.54) is 12.1 Å². The normalized spacial score (nSPS) is 12.3. The van der Waals surface area contributed by atoms with Gasteiger partial charge in [-0.15, -0.1) is 0 Å². The molecule has 0 radical (unpaired) electrons. The Morgan fingerprint density at radius 2 is 1.73 bits per heavy atom. The second-order valence-electron chi connectivity index (χ2n) is 5.81. The maximum Gasteiger partial charge on any atom is 0.241 e. The Morgan fingerprint density at radius 1 is 1.15 bits per heavy atom. The van der Waals surface area contributed by atoms with Crippen LogP contribution in [-0.2, 0) is 14.8 Å². The first kappa shape index (κ1) is 19.7. The van der Waals surface area contributed by atoms with Gasteiger partial charge in [0.1, 0.15) is 18.1 Å². The summed E-state index contributed by atoms with van der Waals surface area (Å²) in [6, 6.07) is 11.8. The van der Waals surface area contributed by atoms with E-state index in [0.29, 0.717) is 5.75 Å². The fourth-order valence-electron chi connectivity index (χ4n) is 2.40. The lowest BCUT2D eigenvalue weighted by molar-refractivity contribution is -0.120. The topological polar surface area (TPSA) is 75.7 Å². The minimum atomic E-state index is -3.70. The van der Waals surface area contributed by atoms with Crippen LogP contribution in [0.3, 0.4) is 0 Å². The summed E-state index contributed by atoms with van der Waals surface area (Å²) in [6.45, 7) is 1.40. The van der Waals surface area contributed by atoms with E-state index in [0.717, 1.165) is 28.3 Å². The molecule has 0 unspecified atom stereocenters. The zero-order valence-electron chi connectivity index (χ0n) is 14.8. The number of rotatable bonds is 7. The van der Waals surface area contributed by atoms with E-state index in [-0.39, 0.29) is 11.7 Å². The zero-order chi connectivity index (χ0) is 19.3. The monoisotopic (exact) mass is 380 g/mol.